The number of likely N-dealkylation sites (tertiary alicyclic amines) is 2. The number of hydrogen-bond donors (Lipinski definition) is 2. The Labute approximate surface area is 276 Å². The fourth-order valence-electron chi connectivity index (χ4n) is 6.98. The Kier molecular flexibility index (Phi) is 9.94. The van der Waals surface area contributed by atoms with Gasteiger partial charge in [0.05, 0.1) is 28.4 Å². The molecule has 0 aliphatic carbocycles. The van der Waals surface area contributed by atoms with Crippen LogP contribution < -0.4 is 10.1 Å². The van der Waals surface area contributed by atoms with Crippen LogP contribution in [-0.2, 0) is 17.8 Å². The van der Waals surface area contributed by atoms with E-state index in [1.165, 1.54) is 24.8 Å². The lowest BCUT2D eigenvalue weighted by Gasteiger charge is -2.30. The Morgan fingerprint density at radius 3 is 2.52 bits per heavy atom. The fourth-order valence-corrected chi connectivity index (χ4v) is 7.25. The normalized spacial score (nSPS) is 18.2. The number of carbonyl (C=O) groups is 2. The molecule has 4 heterocycles. The van der Waals surface area contributed by atoms with Gasteiger partial charge < -0.3 is 24.8 Å². The smallest absolute Gasteiger partial charge is 0.419 e. The van der Waals surface area contributed by atoms with E-state index in [9.17, 15) is 14.7 Å². The molecule has 3 aliphatic heterocycles. The Hall–Kier alpha value is -3.11. The highest BCUT2D eigenvalue weighted by atomic mass is 35.5. The molecular formula is C36H47ClN4O5. The van der Waals surface area contributed by atoms with Crippen LogP contribution in [0.5, 0.6) is 5.75 Å². The Bertz CT molecular complexity index is 1580. The number of aliphatic hydroxyl groups is 1. The molecule has 9 nitrogen and oxygen atoms in total. The number of nitrogens with one attached hydrogen (secondary N) is 1. The molecule has 2 fully saturated rings. The number of hydrogen-bond acceptors (Lipinski definition) is 7. The van der Waals surface area contributed by atoms with Crippen LogP contribution in [0.1, 0.15) is 80.8 Å². The van der Waals surface area contributed by atoms with Crippen molar-refractivity contribution in [1.29, 1.82) is 0 Å². The minimum atomic E-state index is -0.708. The van der Waals surface area contributed by atoms with Crippen LogP contribution in [-0.4, -0.2) is 83.0 Å². The van der Waals surface area contributed by atoms with Gasteiger partial charge in [-0.1, -0.05) is 24.1 Å². The Morgan fingerprint density at radius 2 is 1.80 bits per heavy atom. The monoisotopic (exact) mass is 650 g/mol. The quantitative estimate of drug-likeness (QED) is 0.257. The van der Waals surface area contributed by atoms with Crippen LogP contribution in [0, 0.1) is 5.92 Å². The third-order valence-electron chi connectivity index (χ3n) is 9.40. The number of fused-ring (bicyclic) bond motifs is 2. The largest absolute Gasteiger partial charge is 0.492 e. The minimum absolute atomic E-state index is 0.225. The molecule has 0 unspecified atom stereocenters. The highest BCUT2D eigenvalue weighted by Crippen LogP contribution is 2.42. The van der Waals surface area contributed by atoms with E-state index in [1.54, 1.807) is 4.57 Å². The number of ether oxygens (including phenoxy) is 2. The Morgan fingerprint density at radius 1 is 1.04 bits per heavy atom. The molecule has 2 N–H and O–H groups in total. The molecule has 2 aromatic carbocycles. The standard InChI is InChI=1S/C36H47ClN4O5/c1-36(2,3)46-35(44)41-29-9-8-25(22-40-12-5-4-6-13-40)18-26(29)19-30(41)27-20-31(33(37)28-21-38-34(43)32(27)28)45-17-7-14-39-15-10-24(23-42)11-16-39/h8-9,18-20,24,42H,4-7,10-17,21-23H2,1-3H3,(H,38,43). The number of aliphatic hydroxyl groups excluding tert-OH is 1. The summed E-state index contributed by atoms with van der Waals surface area (Å²) in [7, 11) is 0. The number of rotatable bonds is 9. The van der Waals surface area contributed by atoms with Gasteiger partial charge in [-0.05, 0) is 115 Å². The van der Waals surface area contributed by atoms with Crippen molar-refractivity contribution in [3.8, 4) is 17.0 Å². The average molecular weight is 651 g/mol. The molecule has 0 atom stereocenters. The summed E-state index contributed by atoms with van der Waals surface area (Å²) < 4.78 is 13.8. The predicted octanol–water partition coefficient (Wildman–Crippen LogP) is 6.45. The van der Waals surface area contributed by atoms with Crippen LogP contribution in [0.2, 0.25) is 5.02 Å². The summed E-state index contributed by atoms with van der Waals surface area (Å²) in [6.07, 6.45) is 6.08. The zero-order chi connectivity index (χ0) is 32.4. The lowest BCUT2D eigenvalue weighted by Crippen LogP contribution is -2.35. The van der Waals surface area contributed by atoms with Crippen molar-refractivity contribution in [2.24, 2.45) is 5.92 Å². The van der Waals surface area contributed by atoms with E-state index in [4.69, 9.17) is 21.1 Å². The second-order valence-corrected chi connectivity index (χ2v) is 14.4. The van der Waals surface area contributed by atoms with Crippen LogP contribution >= 0.6 is 11.6 Å². The summed E-state index contributed by atoms with van der Waals surface area (Å²) in [4.78, 5) is 32.0. The zero-order valence-electron chi connectivity index (χ0n) is 27.4. The second-order valence-electron chi connectivity index (χ2n) is 14.0. The van der Waals surface area contributed by atoms with E-state index in [0.29, 0.717) is 52.2 Å². The highest BCUT2D eigenvalue weighted by Gasteiger charge is 2.32. The van der Waals surface area contributed by atoms with Gasteiger partial charge in [0.15, 0.2) is 0 Å². The molecule has 0 spiro atoms. The first kappa shape index (κ1) is 32.8. The first-order valence-electron chi connectivity index (χ1n) is 16.8. The third kappa shape index (κ3) is 7.23. The van der Waals surface area contributed by atoms with E-state index in [2.05, 4.69) is 27.2 Å². The van der Waals surface area contributed by atoms with Gasteiger partial charge in [-0.25, -0.2) is 9.36 Å². The predicted molar refractivity (Wildman–Crippen MR) is 181 cm³/mol. The summed E-state index contributed by atoms with van der Waals surface area (Å²) in [6.45, 7) is 12.5. The number of aromatic nitrogens is 1. The summed E-state index contributed by atoms with van der Waals surface area (Å²) >= 11 is 6.87. The lowest BCUT2D eigenvalue weighted by molar-refractivity contribution is 0.0546. The van der Waals surface area contributed by atoms with Crippen LogP contribution in [0.25, 0.3) is 22.2 Å². The number of benzene rings is 2. The molecule has 6 rings (SSSR count). The number of halogens is 1. The van der Waals surface area contributed by atoms with Gasteiger partial charge in [0.2, 0.25) is 0 Å². The Balaban J connectivity index is 1.33. The van der Waals surface area contributed by atoms with Gasteiger partial charge in [0, 0.05) is 42.8 Å². The molecule has 46 heavy (non-hydrogen) atoms. The molecule has 10 heteroatoms. The molecule has 3 aromatic rings. The maximum Gasteiger partial charge on any atom is 0.419 e. The van der Waals surface area contributed by atoms with Crippen LogP contribution in [0.15, 0.2) is 30.3 Å². The van der Waals surface area contributed by atoms with E-state index in [1.807, 2.05) is 39.0 Å². The summed E-state index contributed by atoms with van der Waals surface area (Å²) in [5.41, 5.74) is 3.51. The molecule has 0 bridgehead atoms. The van der Waals surface area contributed by atoms with Crippen molar-refractivity contribution >= 4 is 34.5 Å². The molecule has 1 aromatic heterocycles. The maximum absolute atomic E-state index is 13.8. The molecule has 3 aliphatic rings. The SMILES string of the molecule is CC(C)(C)OC(=O)n1c(-c2cc(OCCCN3CCC(CO)CC3)c(Cl)c3c2C(=O)NC3)cc2cc(CN3CCCCC3)ccc21. The van der Waals surface area contributed by atoms with Crippen molar-refractivity contribution in [2.45, 2.75) is 78.0 Å². The van der Waals surface area contributed by atoms with Gasteiger partial charge in [-0.3, -0.25) is 9.69 Å². The van der Waals surface area contributed by atoms with E-state index < -0.39 is 11.7 Å². The first-order chi connectivity index (χ1) is 22.1. The molecule has 2 saturated heterocycles. The van der Waals surface area contributed by atoms with Crippen LogP contribution in [0.4, 0.5) is 4.79 Å². The fraction of sp³-hybridized carbons (Fsp3) is 0.556. The number of piperidine rings is 2. The maximum atomic E-state index is 13.8. The van der Waals surface area contributed by atoms with E-state index >= 15 is 0 Å². The number of carbonyl (C=O) groups excluding carboxylic acids is 2. The van der Waals surface area contributed by atoms with Crippen molar-refractivity contribution in [2.75, 3.05) is 45.9 Å². The van der Waals surface area contributed by atoms with Crippen molar-refractivity contribution in [1.82, 2.24) is 19.7 Å². The molecular weight excluding hydrogens is 604 g/mol. The van der Waals surface area contributed by atoms with Gasteiger partial charge >= 0.3 is 6.09 Å². The number of nitrogens with zero attached hydrogens (tertiary/aromatic N) is 3. The lowest BCUT2D eigenvalue weighted by atomic mass is 9.98. The molecule has 0 saturated carbocycles. The van der Waals surface area contributed by atoms with Crippen LogP contribution in [0.3, 0.4) is 0 Å². The molecule has 1 amide bonds. The van der Waals surface area contributed by atoms with Gasteiger partial charge in [0.25, 0.3) is 5.91 Å². The first-order valence-corrected chi connectivity index (χ1v) is 17.2. The van der Waals surface area contributed by atoms with E-state index in [-0.39, 0.29) is 12.5 Å². The minimum Gasteiger partial charge on any atom is -0.492 e. The third-order valence-corrected chi connectivity index (χ3v) is 9.81. The van der Waals surface area contributed by atoms with Gasteiger partial charge in [-0.2, -0.15) is 0 Å². The highest BCUT2D eigenvalue weighted by molar-refractivity contribution is 6.34. The summed E-state index contributed by atoms with van der Waals surface area (Å²) in [5.74, 6) is 0.680. The zero-order valence-corrected chi connectivity index (χ0v) is 28.1. The summed E-state index contributed by atoms with van der Waals surface area (Å²) in [6, 6.07) is 10.0. The van der Waals surface area contributed by atoms with Crippen molar-refractivity contribution in [3.63, 3.8) is 0 Å². The van der Waals surface area contributed by atoms with Crippen molar-refractivity contribution in [3.05, 3.63) is 52.0 Å². The topological polar surface area (TPSA) is 96.3 Å². The number of amides is 1. The average Bonchev–Trinajstić information content (AvgIpc) is 3.61. The van der Waals surface area contributed by atoms with Crippen molar-refractivity contribution < 1.29 is 24.2 Å². The van der Waals surface area contributed by atoms with E-state index in [0.717, 1.165) is 69.4 Å². The second kappa shape index (κ2) is 13.9. The van der Waals surface area contributed by atoms with Gasteiger partial charge in [-0.15, -0.1) is 0 Å². The molecule has 0 radical (unpaired) electrons. The summed E-state index contributed by atoms with van der Waals surface area (Å²) in [5, 5.41) is 13.7. The molecule has 248 valence electrons. The van der Waals surface area contributed by atoms with Gasteiger partial charge in [0.1, 0.15) is 11.4 Å².